The van der Waals surface area contributed by atoms with E-state index in [1.54, 1.807) is 7.11 Å². The molecule has 1 aromatic rings. The average Bonchev–Trinajstić information content (AvgIpc) is 2.38. The fraction of sp³-hybridized carbons (Fsp3) is 0.571. The molecule has 0 bridgehead atoms. The van der Waals surface area contributed by atoms with Gasteiger partial charge in [0.15, 0.2) is 0 Å². The lowest BCUT2D eigenvalue weighted by Gasteiger charge is -2.17. The quantitative estimate of drug-likeness (QED) is 0.748. The summed E-state index contributed by atoms with van der Waals surface area (Å²) in [5.74, 6) is 0.863. The molecule has 3 nitrogen and oxygen atoms in total. The van der Waals surface area contributed by atoms with E-state index in [1.165, 1.54) is 5.56 Å². The van der Waals surface area contributed by atoms with Gasteiger partial charge < -0.3 is 14.8 Å². The van der Waals surface area contributed by atoms with Crippen LogP contribution in [-0.4, -0.2) is 33.4 Å². The first-order chi connectivity index (χ1) is 8.71. The number of nitrogens with one attached hydrogen (secondary N) is 1. The summed E-state index contributed by atoms with van der Waals surface area (Å²) in [6, 6.07) is 6.52. The molecule has 0 aliphatic carbocycles. The van der Waals surface area contributed by atoms with E-state index in [1.807, 2.05) is 13.1 Å². The molecule has 4 heteroatoms. The van der Waals surface area contributed by atoms with Crippen molar-refractivity contribution in [2.24, 2.45) is 0 Å². The molecule has 0 saturated carbocycles. The van der Waals surface area contributed by atoms with Gasteiger partial charge in [0, 0.05) is 12.6 Å². The SMILES string of the molecule is CCCOCC(Cc1ccc(OC)c(Br)c1)NC. The van der Waals surface area contributed by atoms with E-state index in [0.29, 0.717) is 6.04 Å². The topological polar surface area (TPSA) is 30.5 Å². The normalized spacial score (nSPS) is 12.4. The van der Waals surface area contributed by atoms with Crippen molar-refractivity contribution in [2.75, 3.05) is 27.4 Å². The van der Waals surface area contributed by atoms with E-state index in [9.17, 15) is 0 Å². The van der Waals surface area contributed by atoms with Crippen molar-refractivity contribution in [1.82, 2.24) is 5.32 Å². The number of hydrogen-bond donors (Lipinski definition) is 1. The van der Waals surface area contributed by atoms with E-state index in [2.05, 4.69) is 40.3 Å². The first-order valence-electron chi connectivity index (χ1n) is 6.28. The molecule has 0 amide bonds. The number of likely N-dealkylation sites (N-methyl/N-ethyl adjacent to an activating group) is 1. The first kappa shape index (κ1) is 15.5. The molecular weight excluding hydrogens is 294 g/mol. The smallest absolute Gasteiger partial charge is 0.133 e. The maximum Gasteiger partial charge on any atom is 0.133 e. The molecule has 0 aromatic heterocycles. The van der Waals surface area contributed by atoms with Crippen LogP contribution >= 0.6 is 15.9 Å². The molecule has 0 radical (unpaired) electrons. The number of methoxy groups -OCH3 is 1. The monoisotopic (exact) mass is 315 g/mol. The van der Waals surface area contributed by atoms with Gasteiger partial charge in [0.05, 0.1) is 18.2 Å². The highest BCUT2D eigenvalue weighted by Crippen LogP contribution is 2.25. The Morgan fingerprint density at radius 1 is 1.39 bits per heavy atom. The molecule has 1 aromatic carbocycles. The maximum absolute atomic E-state index is 5.58. The van der Waals surface area contributed by atoms with Crippen molar-refractivity contribution >= 4 is 15.9 Å². The number of hydrogen-bond acceptors (Lipinski definition) is 3. The van der Waals surface area contributed by atoms with Gasteiger partial charge in [0.25, 0.3) is 0 Å². The van der Waals surface area contributed by atoms with Gasteiger partial charge in [0.1, 0.15) is 5.75 Å². The van der Waals surface area contributed by atoms with Crippen LogP contribution in [0.2, 0.25) is 0 Å². The molecule has 18 heavy (non-hydrogen) atoms. The van der Waals surface area contributed by atoms with Crippen LogP contribution in [0.5, 0.6) is 5.75 Å². The summed E-state index contributed by atoms with van der Waals surface area (Å²) in [6.07, 6.45) is 2.01. The van der Waals surface area contributed by atoms with Crippen molar-refractivity contribution in [1.29, 1.82) is 0 Å². The molecular formula is C14H22BrNO2. The predicted molar refractivity (Wildman–Crippen MR) is 78.4 cm³/mol. The van der Waals surface area contributed by atoms with Crippen LogP contribution in [0.15, 0.2) is 22.7 Å². The van der Waals surface area contributed by atoms with Crippen molar-refractivity contribution in [3.8, 4) is 5.75 Å². The highest BCUT2D eigenvalue weighted by Gasteiger charge is 2.09. The van der Waals surface area contributed by atoms with E-state index in [-0.39, 0.29) is 0 Å². The van der Waals surface area contributed by atoms with Crippen LogP contribution in [0, 0.1) is 0 Å². The second-order valence-electron chi connectivity index (χ2n) is 4.23. The lowest BCUT2D eigenvalue weighted by molar-refractivity contribution is 0.114. The van der Waals surface area contributed by atoms with Crippen LogP contribution in [0.3, 0.4) is 0 Å². The lowest BCUT2D eigenvalue weighted by atomic mass is 10.1. The zero-order valence-corrected chi connectivity index (χ0v) is 12.9. The third kappa shape index (κ3) is 4.96. The molecule has 102 valence electrons. The number of halogens is 1. The summed E-state index contributed by atoms with van der Waals surface area (Å²) in [7, 11) is 3.65. The van der Waals surface area contributed by atoms with E-state index in [0.717, 1.165) is 36.3 Å². The molecule has 0 aliphatic heterocycles. The van der Waals surface area contributed by atoms with E-state index < -0.39 is 0 Å². The van der Waals surface area contributed by atoms with Gasteiger partial charge in [0.2, 0.25) is 0 Å². The first-order valence-corrected chi connectivity index (χ1v) is 7.08. The van der Waals surface area contributed by atoms with Gasteiger partial charge in [-0.1, -0.05) is 13.0 Å². The van der Waals surface area contributed by atoms with Gasteiger partial charge in [-0.15, -0.1) is 0 Å². The van der Waals surface area contributed by atoms with Crippen molar-refractivity contribution in [2.45, 2.75) is 25.8 Å². The fourth-order valence-electron chi connectivity index (χ4n) is 1.74. The van der Waals surface area contributed by atoms with Crippen LogP contribution in [0.25, 0.3) is 0 Å². The van der Waals surface area contributed by atoms with E-state index >= 15 is 0 Å². The molecule has 0 aliphatic rings. The minimum Gasteiger partial charge on any atom is -0.496 e. The largest absolute Gasteiger partial charge is 0.496 e. The minimum absolute atomic E-state index is 0.344. The summed E-state index contributed by atoms with van der Waals surface area (Å²) in [5, 5.41) is 3.29. The van der Waals surface area contributed by atoms with Crippen LogP contribution in [0.1, 0.15) is 18.9 Å². The molecule has 1 atom stereocenters. The average molecular weight is 316 g/mol. The van der Waals surface area contributed by atoms with Crippen LogP contribution in [0.4, 0.5) is 0 Å². The Bertz CT molecular complexity index is 358. The molecule has 1 unspecified atom stereocenters. The Morgan fingerprint density at radius 2 is 2.17 bits per heavy atom. The maximum atomic E-state index is 5.58. The molecule has 1 rings (SSSR count). The van der Waals surface area contributed by atoms with Gasteiger partial charge >= 0.3 is 0 Å². The second kappa shape index (κ2) is 8.51. The van der Waals surface area contributed by atoms with Gasteiger partial charge in [-0.3, -0.25) is 0 Å². The lowest BCUT2D eigenvalue weighted by Crippen LogP contribution is -2.32. The predicted octanol–water partition coefficient (Wildman–Crippen LogP) is 3.01. The Kier molecular flexibility index (Phi) is 7.32. The fourth-order valence-corrected chi connectivity index (χ4v) is 2.32. The van der Waals surface area contributed by atoms with Crippen molar-refractivity contribution in [3.05, 3.63) is 28.2 Å². The zero-order chi connectivity index (χ0) is 13.4. The van der Waals surface area contributed by atoms with Gasteiger partial charge in [-0.25, -0.2) is 0 Å². The third-order valence-electron chi connectivity index (χ3n) is 2.77. The molecule has 0 heterocycles. The Morgan fingerprint density at radius 3 is 2.72 bits per heavy atom. The number of ether oxygens (including phenoxy) is 2. The summed E-state index contributed by atoms with van der Waals surface area (Å²) < 4.78 is 11.8. The van der Waals surface area contributed by atoms with Crippen LogP contribution < -0.4 is 10.1 Å². The van der Waals surface area contributed by atoms with Crippen molar-refractivity contribution in [3.63, 3.8) is 0 Å². The van der Waals surface area contributed by atoms with E-state index in [4.69, 9.17) is 9.47 Å². The van der Waals surface area contributed by atoms with Crippen molar-refractivity contribution < 1.29 is 9.47 Å². The summed E-state index contributed by atoms with van der Waals surface area (Å²) in [5.41, 5.74) is 1.27. The highest BCUT2D eigenvalue weighted by atomic mass is 79.9. The number of rotatable bonds is 8. The molecule has 0 saturated heterocycles. The summed E-state index contributed by atoms with van der Waals surface area (Å²) in [6.45, 7) is 3.69. The Balaban J connectivity index is 2.55. The molecule has 0 spiro atoms. The molecule has 1 N–H and O–H groups in total. The number of benzene rings is 1. The molecule has 0 fully saturated rings. The third-order valence-corrected chi connectivity index (χ3v) is 3.39. The Labute approximate surface area is 118 Å². The summed E-state index contributed by atoms with van der Waals surface area (Å²) in [4.78, 5) is 0. The highest BCUT2D eigenvalue weighted by molar-refractivity contribution is 9.10. The van der Waals surface area contributed by atoms with Gasteiger partial charge in [-0.2, -0.15) is 0 Å². The second-order valence-corrected chi connectivity index (χ2v) is 5.09. The van der Waals surface area contributed by atoms with Crippen LogP contribution in [-0.2, 0) is 11.2 Å². The summed E-state index contributed by atoms with van der Waals surface area (Å²) >= 11 is 3.51. The standard InChI is InChI=1S/C14H22BrNO2/c1-4-7-18-10-12(16-2)8-11-5-6-14(17-3)13(15)9-11/h5-6,9,12,16H,4,7-8,10H2,1-3H3. The Hall–Kier alpha value is -0.580. The zero-order valence-electron chi connectivity index (χ0n) is 11.3. The minimum atomic E-state index is 0.344. The van der Waals surface area contributed by atoms with Gasteiger partial charge in [-0.05, 0) is 53.5 Å².